The van der Waals surface area contributed by atoms with Gasteiger partial charge in [-0.2, -0.15) is 0 Å². The highest BCUT2D eigenvalue weighted by Crippen LogP contribution is 2.30. The first-order valence-electron chi connectivity index (χ1n) is 14.0. The van der Waals surface area contributed by atoms with Crippen molar-refractivity contribution in [1.29, 1.82) is 0 Å². The van der Waals surface area contributed by atoms with Gasteiger partial charge >= 0.3 is 12.1 Å². The summed E-state index contributed by atoms with van der Waals surface area (Å²) in [6.07, 6.45) is -2.62. The summed E-state index contributed by atoms with van der Waals surface area (Å²) in [4.78, 5) is 73.4. The molecule has 0 aliphatic carbocycles. The number of hydrogen-bond acceptors (Lipinski definition) is 9. The first kappa shape index (κ1) is 33.5. The molecule has 1 saturated heterocycles. The molecule has 7 N–H and O–H groups in total. The van der Waals surface area contributed by atoms with Gasteiger partial charge in [0.1, 0.15) is 24.8 Å². The zero-order chi connectivity index (χ0) is 32.1. The lowest BCUT2D eigenvalue weighted by atomic mass is 9.99. The van der Waals surface area contributed by atoms with Crippen molar-refractivity contribution in [3.63, 3.8) is 0 Å². The maximum Gasteiger partial charge on any atom is 0.408 e. The summed E-state index contributed by atoms with van der Waals surface area (Å²) >= 11 is 0. The molecule has 14 nitrogen and oxygen atoms in total. The van der Waals surface area contributed by atoms with E-state index in [1.807, 2.05) is 36.4 Å². The van der Waals surface area contributed by atoms with E-state index in [0.29, 0.717) is 6.42 Å². The van der Waals surface area contributed by atoms with Crippen LogP contribution in [0.3, 0.4) is 0 Å². The summed E-state index contributed by atoms with van der Waals surface area (Å²) in [5.74, 6) is -3.40. The lowest BCUT2D eigenvalue weighted by Crippen LogP contribution is -2.53. The van der Waals surface area contributed by atoms with E-state index in [1.54, 1.807) is 24.3 Å². The van der Waals surface area contributed by atoms with E-state index in [0.717, 1.165) is 18.2 Å². The number of carbonyl (C=O) groups is 6. The molecule has 1 aliphatic heterocycles. The predicted molar refractivity (Wildman–Crippen MR) is 155 cm³/mol. The molecule has 44 heavy (non-hydrogen) atoms. The van der Waals surface area contributed by atoms with Gasteiger partial charge < -0.3 is 41.6 Å². The van der Waals surface area contributed by atoms with E-state index in [4.69, 9.17) is 25.7 Å². The van der Waals surface area contributed by atoms with Gasteiger partial charge in [0.25, 0.3) is 0 Å². The molecule has 3 rings (SSSR count). The van der Waals surface area contributed by atoms with Crippen LogP contribution in [-0.4, -0.2) is 73.1 Å². The Balaban J connectivity index is 1.65. The highest BCUT2D eigenvalue weighted by atomic mass is 16.6. The molecule has 2 aromatic carbocycles. The molecule has 0 saturated carbocycles. The Morgan fingerprint density at radius 2 is 1.48 bits per heavy atom. The Morgan fingerprint density at radius 1 is 0.841 bits per heavy atom. The van der Waals surface area contributed by atoms with Crippen LogP contribution in [0.2, 0.25) is 0 Å². The molecule has 1 heterocycles. The fraction of sp³-hybridized carbons (Fsp3) is 0.400. The van der Waals surface area contributed by atoms with Gasteiger partial charge in [0.15, 0.2) is 0 Å². The van der Waals surface area contributed by atoms with Crippen molar-refractivity contribution in [3.8, 4) is 0 Å². The Morgan fingerprint density at radius 3 is 2.07 bits per heavy atom. The largest absolute Gasteiger partial charge is 0.467 e. The third-order valence-electron chi connectivity index (χ3n) is 6.76. The van der Waals surface area contributed by atoms with Gasteiger partial charge in [0.05, 0.1) is 32.1 Å². The van der Waals surface area contributed by atoms with Crippen molar-refractivity contribution in [2.75, 3.05) is 7.11 Å². The fourth-order valence-electron chi connectivity index (χ4n) is 4.51. The summed E-state index contributed by atoms with van der Waals surface area (Å²) in [6.45, 7) is -0.0484. The van der Waals surface area contributed by atoms with Crippen molar-refractivity contribution in [2.45, 2.75) is 69.0 Å². The molecule has 1 fully saturated rings. The smallest absolute Gasteiger partial charge is 0.408 e. The normalized spacial score (nSPS) is 17.2. The van der Waals surface area contributed by atoms with Crippen LogP contribution >= 0.6 is 0 Å². The quantitative estimate of drug-likeness (QED) is 0.119. The molecule has 14 heteroatoms. The summed E-state index contributed by atoms with van der Waals surface area (Å²) < 4.78 is 15.6. The molecule has 3 unspecified atom stereocenters. The lowest BCUT2D eigenvalue weighted by molar-refractivity contribution is -0.145. The number of methoxy groups -OCH3 is 1. The number of esters is 1. The van der Waals surface area contributed by atoms with E-state index in [9.17, 15) is 28.8 Å². The average molecular weight is 612 g/mol. The number of nitrogens with one attached hydrogen (secondary N) is 3. The summed E-state index contributed by atoms with van der Waals surface area (Å²) in [7, 11) is 1.16. The Labute approximate surface area is 254 Å². The zero-order valence-corrected chi connectivity index (χ0v) is 24.2. The molecule has 236 valence electrons. The second-order valence-electron chi connectivity index (χ2n) is 10.2. The minimum absolute atomic E-state index is 0.0303. The highest BCUT2D eigenvalue weighted by Gasteiger charge is 2.47. The van der Waals surface area contributed by atoms with Gasteiger partial charge in [-0.3, -0.25) is 19.2 Å². The van der Waals surface area contributed by atoms with Crippen molar-refractivity contribution in [3.05, 3.63) is 71.8 Å². The zero-order valence-electron chi connectivity index (χ0n) is 24.2. The van der Waals surface area contributed by atoms with Gasteiger partial charge in [0, 0.05) is 6.42 Å². The van der Waals surface area contributed by atoms with Gasteiger partial charge in [-0.15, -0.1) is 0 Å². The molecule has 0 spiro atoms. The molecule has 1 aliphatic rings. The molecule has 5 atom stereocenters. The molecule has 5 amide bonds. The van der Waals surface area contributed by atoms with E-state index in [1.165, 1.54) is 0 Å². The average Bonchev–Trinajstić information content (AvgIpc) is 3.76. The molecule has 0 aromatic heterocycles. The highest BCUT2D eigenvalue weighted by molar-refractivity contribution is 5.90. The minimum atomic E-state index is -1.33. The van der Waals surface area contributed by atoms with Crippen molar-refractivity contribution < 1.29 is 43.0 Å². The van der Waals surface area contributed by atoms with E-state index < -0.39 is 72.4 Å². The maximum absolute atomic E-state index is 13.3. The Hall–Kier alpha value is -4.98. The van der Waals surface area contributed by atoms with Gasteiger partial charge in [-0.05, 0) is 24.0 Å². The summed E-state index contributed by atoms with van der Waals surface area (Å²) in [6, 6.07) is 15.0. The monoisotopic (exact) mass is 611 g/mol. The number of epoxide rings is 1. The molecular formula is C30H37N5O9. The van der Waals surface area contributed by atoms with Crippen LogP contribution in [0.5, 0.6) is 0 Å². The number of hydrogen-bond donors (Lipinski definition) is 5. The van der Waals surface area contributed by atoms with E-state index in [2.05, 4.69) is 16.0 Å². The molecular weight excluding hydrogens is 574 g/mol. The first-order valence-corrected chi connectivity index (χ1v) is 14.0. The van der Waals surface area contributed by atoms with Crippen LogP contribution in [0.15, 0.2) is 60.7 Å². The standard InChI is InChI=1S/C30H37N5O9/c1-42-29(40)20(12-13-24(31)36)33-26(38)16-23-27(44-23)21(14-18-8-4-2-5-9-18)34-28(39)22(15-25(32)37)35-30(41)43-17-19-10-6-3-7-11-19/h2-11,20-23,27H,12-17H2,1H3,(H2,31,36)(H2,32,37)(H,33,38)(H,34,39)(H,35,41)/t20-,21?,22+,23?,27?/m0/s1. The number of carbonyl (C=O) groups excluding carboxylic acids is 6. The SMILES string of the molecule is COC(=O)[C@H](CCC(N)=O)NC(=O)CC1OC1C(Cc1ccccc1)NC(=O)[C@@H](CC(N)=O)NC(=O)OCc1ccccc1. The van der Waals surface area contributed by atoms with Crippen molar-refractivity contribution >= 4 is 35.7 Å². The maximum atomic E-state index is 13.3. The number of primary amides is 2. The van der Waals surface area contributed by atoms with Crippen LogP contribution in [0.1, 0.15) is 36.8 Å². The Kier molecular flexibility index (Phi) is 12.6. The van der Waals surface area contributed by atoms with Gasteiger partial charge in [-0.25, -0.2) is 9.59 Å². The van der Waals surface area contributed by atoms with Crippen molar-refractivity contribution in [2.24, 2.45) is 11.5 Å². The predicted octanol–water partition coefficient (Wildman–Crippen LogP) is -0.0349. The van der Waals surface area contributed by atoms with Gasteiger partial charge in [-0.1, -0.05) is 60.7 Å². The van der Waals surface area contributed by atoms with E-state index in [-0.39, 0.29) is 25.9 Å². The van der Waals surface area contributed by atoms with E-state index >= 15 is 0 Å². The van der Waals surface area contributed by atoms with Crippen LogP contribution in [0, 0.1) is 0 Å². The summed E-state index contributed by atoms with van der Waals surface area (Å²) in [5.41, 5.74) is 12.1. The second-order valence-corrected chi connectivity index (χ2v) is 10.2. The topological polar surface area (TPSA) is 222 Å². The fourth-order valence-corrected chi connectivity index (χ4v) is 4.51. The van der Waals surface area contributed by atoms with Gasteiger partial charge in [0.2, 0.25) is 23.6 Å². The lowest BCUT2D eigenvalue weighted by Gasteiger charge is -2.22. The number of amides is 5. The number of alkyl carbamates (subject to hydrolysis) is 1. The molecule has 2 aromatic rings. The van der Waals surface area contributed by atoms with Crippen LogP contribution in [-0.2, 0) is 51.2 Å². The third-order valence-corrected chi connectivity index (χ3v) is 6.76. The summed E-state index contributed by atoms with van der Waals surface area (Å²) in [5, 5.41) is 7.74. The second kappa shape index (κ2) is 16.6. The third kappa shape index (κ3) is 11.4. The Bertz CT molecular complexity index is 1310. The van der Waals surface area contributed by atoms with Crippen molar-refractivity contribution in [1.82, 2.24) is 16.0 Å². The number of nitrogens with two attached hydrogens (primary N) is 2. The van der Waals surface area contributed by atoms with Crippen LogP contribution in [0.4, 0.5) is 4.79 Å². The molecule has 0 bridgehead atoms. The number of benzene rings is 2. The van der Waals surface area contributed by atoms with Crippen LogP contribution < -0.4 is 27.4 Å². The minimum Gasteiger partial charge on any atom is -0.467 e. The first-order chi connectivity index (χ1) is 21.0. The number of rotatable bonds is 17. The van der Waals surface area contributed by atoms with Crippen LogP contribution in [0.25, 0.3) is 0 Å². The molecule has 0 radical (unpaired) electrons. The number of ether oxygens (including phenoxy) is 3.